The molecule has 0 bridgehead atoms. The minimum absolute atomic E-state index is 0.388. The van der Waals surface area contributed by atoms with Crippen LogP contribution < -0.4 is 9.62 Å². The van der Waals surface area contributed by atoms with Gasteiger partial charge in [0.25, 0.3) is 5.91 Å². The lowest BCUT2D eigenvalue weighted by molar-refractivity contribution is -0.151. The monoisotopic (exact) mass is 404 g/mol. The molecule has 0 radical (unpaired) electrons. The number of esters is 1. The van der Waals surface area contributed by atoms with E-state index in [0.29, 0.717) is 16.9 Å². The van der Waals surface area contributed by atoms with Crippen molar-refractivity contribution < 1.29 is 22.7 Å². The maximum absolute atomic E-state index is 12.3. The fourth-order valence-corrected chi connectivity index (χ4v) is 3.41. The molecule has 1 atom stereocenters. The van der Waals surface area contributed by atoms with E-state index in [0.717, 1.165) is 16.1 Å². The summed E-state index contributed by atoms with van der Waals surface area (Å²) >= 11 is 0. The van der Waals surface area contributed by atoms with E-state index in [1.165, 1.54) is 6.92 Å². The van der Waals surface area contributed by atoms with Crippen LogP contribution >= 0.6 is 0 Å². The molecule has 2 aromatic rings. The molecular weight excluding hydrogens is 380 g/mol. The van der Waals surface area contributed by atoms with E-state index < -0.39 is 34.5 Å². The van der Waals surface area contributed by atoms with Crippen molar-refractivity contribution in [3.8, 4) is 0 Å². The van der Waals surface area contributed by atoms with Gasteiger partial charge in [-0.05, 0) is 44.5 Å². The summed E-state index contributed by atoms with van der Waals surface area (Å²) in [5, 5.41) is 2.65. The number of hydrogen-bond donors (Lipinski definition) is 1. The summed E-state index contributed by atoms with van der Waals surface area (Å²) in [4.78, 5) is 24.5. The van der Waals surface area contributed by atoms with E-state index in [1.54, 1.807) is 43.3 Å². The Morgan fingerprint density at radius 1 is 1.07 bits per heavy atom. The summed E-state index contributed by atoms with van der Waals surface area (Å²) in [6.07, 6.45) is -0.0626. The smallest absolute Gasteiger partial charge is 0.327 e. The molecule has 0 unspecified atom stereocenters. The van der Waals surface area contributed by atoms with Gasteiger partial charge in [0.2, 0.25) is 10.0 Å². The second-order valence-electron chi connectivity index (χ2n) is 6.54. The van der Waals surface area contributed by atoms with Crippen molar-refractivity contribution in [2.45, 2.75) is 26.9 Å². The highest BCUT2D eigenvalue weighted by Crippen LogP contribution is 2.22. The molecule has 1 N–H and O–H groups in total. The first-order chi connectivity index (χ1) is 13.1. The van der Waals surface area contributed by atoms with Gasteiger partial charge >= 0.3 is 5.97 Å². The minimum Gasteiger partial charge on any atom is -0.451 e. The first-order valence-electron chi connectivity index (χ1n) is 8.68. The van der Waals surface area contributed by atoms with Crippen molar-refractivity contribution in [2.24, 2.45) is 0 Å². The molecular formula is C20H24N2O5S. The molecule has 1 amide bonds. The average molecular weight is 404 g/mol. The maximum Gasteiger partial charge on any atom is 0.327 e. The zero-order valence-electron chi connectivity index (χ0n) is 16.3. The van der Waals surface area contributed by atoms with Gasteiger partial charge in [-0.25, -0.2) is 8.42 Å². The molecule has 0 spiro atoms. The van der Waals surface area contributed by atoms with Gasteiger partial charge in [-0.1, -0.05) is 35.9 Å². The number of para-hydroxylation sites is 1. The number of benzene rings is 2. The van der Waals surface area contributed by atoms with E-state index in [4.69, 9.17) is 4.74 Å². The van der Waals surface area contributed by atoms with Gasteiger partial charge in [-0.3, -0.25) is 13.9 Å². The molecule has 0 saturated heterocycles. The molecule has 0 heterocycles. The lowest BCUT2D eigenvalue weighted by atomic mass is 10.2. The van der Waals surface area contributed by atoms with Crippen LogP contribution in [0.4, 0.5) is 11.4 Å². The highest BCUT2D eigenvalue weighted by atomic mass is 32.2. The number of rotatable bonds is 7. The molecule has 8 heteroatoms. The van der Waals surface area contributed by atoms with Crippen molar-refractivity contribution in [3.63, 3.8) is 0 Å². The van der Waals surface area contributed by atoms with Crippen LogP contribution in [0.15, 0.2) is 48.5 Å². The molecule has 0 aliphatic carbocycles. The Morgan fingerprint density at radius 2 is 1.68 bits per heavy atom. The summed E-state index contributed by atoms with van der Waals surface area (Å²) in [7, 11) is -3.71. The number of ether oxygens (including phenoxy) is 1. The number of sulfonamides is 1. The highest BCUT2D eigenvalue weighted by Gasteiger charge is 2.25. The Hall–Kier alpha value is -2.87. The molecule has 7 nitrogen and oxygen atoms in total. The SMILES string of the molecule is Cc1ccc(NC(=O)[C@H](C)OC(=O)CN(c2ccccc2C)S(C)(=O)=O)cc1. The zero-order valence-corrected chi connectivity index (χ0v) is 17.1. The van der Waals surface area contributed by atoms with Crippen LogP contribution in [0.1, 0.15) is 18.1 Å². The molecule has 0 saturated carbocycles. The van der Waals surface area contributed by atoms with Gasteiger partial charge < -0.3 is 10.1 Å². The quantitative estimate of drug-likeness (QED) is 0.716. The zero-order chi connectivity index (χ0) is 20.9. The van der Waals surface area contributed by atoms with Gasteiger partial charge in [0.05, 0.1) is 11.9 Å². The van der Waals surface area contributed by atoms with Gasteiger partial charge in [0, 0.05) is 5.69 Å². The number of nitrogens with one attached hydrogen (secondary N) is 1. The Bertz CT molecular complexity index is 955. The second kappa shape index (κ2) is 8.88. The minimum atomic E-state index is -3.71. The van der Waals surface area contributed by atoms with Crippen molar-refractivity contribution in [3.05, 3.63) is 59.7 Å². The lowest BCUT2D eigenvalue weighted by Gasteiger charge is -2.24. The third-order valence-electron chi connectivity index (χ3n) is 4.05. The number of aryl methyl sites for hydroxylation is 2. The third-order valence-corrected chi connectivity index (χ3v) is 5.18. The van der Waals surface area contributed by atoms with Crippen LogP contribution in [0.2, 0.25) is 0 Å². The third kappa shape index (κ3) is 5.82. The van der Waals surface area contributed by atoms with Gasteiger partial charge in [-0.15, -0.1) is 0 Å². The largest absolute Gasteiger partial charge is 0.451 e. The molecule has 28 heavy (non-hydrogen) atoms. The van der Waals surface area contributed by atoms with Crippen LogP contribution in [0.5, 0.6) is 0 Å². The number of carbonyl (C=O) groups excluding carboxylic acids is 2. The average Bonchev–Trinajstić information content (AvgIpc) is 2.61. The predicted octanol–water partition coefficient (Wildman–Crippen LogP) is 2.64. The predicted molar refractivity (Wildman–Crippen MR) is 109 cm³/mol. The Kier molecular flexibility index (Phi) is 6.80. The van der Waals surface area contributed by atoms with Crippen molar-refractivity contribution >= 4 is 33.3 Å². The van der Waals surface area contributed by atoms with Crippen molar-refractivity contribution in [1.82, 2.24) is 0 Å². The van der Waals surface area contributed by atoms with E-state index in [9.17, 15) is 18.0 Å². The fourth-order valence-electron chi connectivity index (χ4n) is 2.51. The van der Waals surface area contributed by atoms with Gasteiger partial charge in [0.15, 0.2) is 6.10 Å². The van der Waals surface area contributed by atoms with Crippen LogP contribution in [0.25, 0.3) is 0 Å². The number of carbonyl (C=O) groups is 2. The van der Waals surface area contributed by atoms with Gasteiger partial charge in [-0.2, -0.15) is 0 Å². The Labute approximate surface area is 165 Å². The van der Waals surface area contributed by atoms with Crippen LogP contribution in [0.3, 0.4) is 0 Å². The highest BCUT2D eigenvalue weighted by molar-refractivity contribution is 7.92. The molecule has 0 aliphatic heterocycles. The fraction of sp³-hybridized carbons (Fsp3) is 0.300. The van der Waals surface area contributed by atoms with Crippen LogP contribution in [0, 0.1) is 13.8 Å². The van der Waals surface area contributed by atoms with Gasteiger partial charge in [0.1, 0.15) is 6.54 Å². The number of amides is 1. The lowest BCUT2D eigenvalue weighted by Crippen LogP contribution is -2.39. The summed E-state index contributed by atoms with van der Waals surface area (Å²) in [5.74, 6) is -1.32. The topological polar surface area (TPSA) is 92.8 Å². The number of nitrogens with zero attached hydrogens (tertiary/aromatic N) is 1. The molecule has 0 aliphatic rings. The maximum atomic E-state index is 12.3. The standard InChI is InChI=1S/C20H24N2O5S/c1-14-9-11-17(12-10-14)21-20(24)16(3)27-19(23)13-22(28(4,25)26)18-8-6-5-7-15(18)2/h5-12,16H,13H2,1-4H3,(H,21,24)/t16-/m0/s1. The Morgan fingerprint density at radius 3 is 2.25 bits per heavy atom. The van der Waals surface area contributed by atoms with E-state index in [-0.39, 0.29) is 0 Å². The second-order valence-corrected chi connectivity index (χ2v) is 8.45. The first-order valence-corrected chi connectivity index (χ1v) is 10.5. The number of hydrogen-bond acceptors (Lipinski definition) is 5. The van der Waals surface area contributed by atoms with Crippen LogP contribution in [-0.2, 0) is 24.3 Å². The molecule has 0 fully saturated rings. The van der Waals surface area contributed by atoms with Crippen molar-refractivity contribution in [2.75, 3.05) is 22.4 Å². The first kappa shape index (κ1) is 21.4. The van der Waals surface area contributed by atoms with Crippen molar-refractivity contribution in [1.29, 1.82) is 0 Å². The normalized spacial score (nSPS) is 12.1. The number of anilines is 2. The molecule has 150 valence electrons. The molecule has 2 rings (SSSR count). The summed E-state index contributed by atoms with van der Waals surface area (Å²) in [6, 6.07) is 14.0. The summed E-state index contributed by atoms with van der Waals surface area (Å²) in [6.45, 7) is 4.58. The van der Waals surface area contributed by atoms with E-state index in [1.807, 2.05) is 19.1 Å². The van der Waals surface area contributed by atoms with E-state index >= 15 is 0 Å². The summed E-state index contributed by atoms with van der Waals surface area (Å²) in [5.41, 5.74) is 2.72. The molecule has 0 aromatic heterocycles. The molecule has 2 aromatic carbocycles. The Balaban J connectivity index is 2.04. The van der Waals surface area contributed by atoms with Crippen LogP contribution in [-0.4, -0.2) is 39.2 Å². The summed E-state index contributed by atoms with van der Waals surface area (Å²) < 4.78 is 30.4. The van der Waals surface area contributed by atoms with E-state index in [2.05, 4.69) is 5.32 Å².